The van der Waals surface area contributed by atoms with Crippen LogP contribution >= 0.6 is 0 Å². The lowest BCUT2D eigenvalue weighted by molar-refractivity contribution is -0.124. The van der Waals surface area contributed by atoms with Crippen molar-refractivity contribution >= 4 is 11.8 Å². The predicted molar refractivity (Wildman–Crippen MR) is 86.7 cm³/mol. The van der Waals surface area contributed by atoms with Crippen molar-refractivity contribution in [3.8, 4) is 11.5 Å². The van der Waals surface area contributed by atoms with Gasteiger partial charge in [-0.3, -0.25) is 14.6 Å². The molecule has 2 aromatic rings. The van der Waals surface area contributed by atoms with E-state index < -0.39 is 0 Å². The molecule has 8 nitrogen and oxygen atoms in total. The predicted octanol–water partition coefficient (Wildman–Crippen LogP) is 0.953. The van der Waals surface area contributed by atoms with E-state index in [1.807, 2.05) is 19.9 Å². The molecule has 0 aliphatic heterocycles. The van der Waals surface area contributed by atoms with Crippen LogP contribution in [0.5, 0.6) is 0 Å². The summed E-state index contributed by atoms with van der Waals surface area (Å²) in [4.78, 5) is 31.5. The van der Waals surface area contributed by atoms with Crippen molar-refractivity contribution in [2.45, 2.75) is 26.7 Å². The third-order valence-corrected chi connectivity index (χ3v) is 3.20. The molecular weight excluding hydrogens is 310 g/mol. The first-order valence-corrected chi connectivity index (χ1v) is 7.84. The normalized spacial score (nSPS) is 10.6. The standard InChI is InChI=1S/C16H21N5O3/c1-11(2)16(23)19-10-9-18-13(22)6-7-14-20-15(21-24-14)12-5-3-4-8-17-12/h3-5,8,11H,6-7,9-10H2,1-2H3,(H,18,22)(H,19,23). The van der Waals surface area contributed by atoms with Gasteiger partial charge in [0.15, 0.2) is 0 Å². The van der Waals surface area contributed by atoms with Crippen molar-refractivity contribution in [1.82, 2.24) is 25.8 Å². The molecule has 2 amide bonds. The van der Waals surface area contributed by atoms with E-state index >= 15 is 0 Å². The van der Waals surface area contributed by atoms with E-state index in [1.54, 1.807) is 18.3 Å². The van der Waals surface area contributed by atoms with Crippen molar-refractivity contribution in [3.05, 3.63) is 30.3 Å². The van der Waals surface area contributed by atoms with E-state index in [9.17, 15) is 9.59 Å². The Morgan fingerprint density at radius 3 is 2.71 bits per heavy atom. The smallest absolute Gasteiger partial charge is 0.227 e. The average Bonchev–Trinajstić information content (AvgIpc) is 3.06. The third kappa shape index (κ3) is 5.45. The van der Waals surface area contributed by atoms with Gasteiger partial charge in [0.05, 0.1) is 0 Å². The zero-order chi connectivity index (χ0) is 17.4. The lowest BCUT2D eigenvalue weighted by Crippen LogP contribution is -2.36. The van der Waals surface area contributed by atoms with Gasteiger partial charge in [0.1, 0.15) is 5.69 Å². The third-order valence-electron chi connectivity index (χ3n) is 3.20. The SMILES string of the molecule is CC(C)C(=O)NCCNC(=O)CCc1nc(-c2ccccn2)no1. The largest absolute Gasteiger partial charge is 0.354 e. The molecule has 0 unspecified atom stereocenters. The van der Waals surface area contributed by atoms with Crippen LogP contribution in [0.4, 0.5) is 0 Å². The second-order valence-corrected chi connectivity index (χ2v) is 5.52. The average molecular weight is 331 g/mol. The van der Waals surface area contributed by atoms with Crippen molar-refractivity contribution in [3.63, 3.8) is 0 Å². The van der Waals surface area contributed by atoms with Crippen LogP contribution in [0.1, 0.15) is 26.2 Å². The van der Waals surface area contributed by atoms with Crippen LogP contribution in [0.3, 0.4) is 0 Å². The number of carbonyl (C=O) groups is 2. The van der Waals surface area contributed by atoms with Gasteiger partial charge in [-0.1, -0.05) is 25.1 Å². The molecule has 0 saturated carbocycles. The Labute approximate surface area is 140 Å². The van der Waals surface area contributed by atoms with Gasteiger partial charge in [-0.25, -0.2) is 0 Å². The molecule has 0 atom stereocenters. The topological polar surface area (TPSA) is 110 Å². The van der Waals surface area contributed by atoms with Crippen molar-refractivity contribution in [1.29, 1.82) is 0 Å². The molecule has 0 bridgehead atoms. The highest BCUT2D eigenvalue weighted by molar-refractivity contribution is 5.78. The fourth-order valence-electron chi connectivity index (χ4n) is 1.86. The van der Waals surface area contributed by atoms with Crippen LogP contribution < -0.4 is 10.6 Å². The first-order valence-electron chi connectivity index (χ1n) is 7.84. The number of nitrogens with one attached hydrogen (secondary N) is 2. The Hall–Kier alpha value is -2.77. The second kappa shape index (κ2) is 8.76. The summed E-state index contributed by atoms with van der Waals surface area (Å²) < 4.78 is 5.11. The van der Waals surface area contributed by atoms with E-state index in [4.69, 9.17) is 4.52 Å². The molecular formula is C16H21N5O3. The van der Waals surface area contributed by atoms with Gasteiger partial charge in [0.2, 0.25) is 23.5 Å². The molecule has 8 heteroatoms. The Balaban J connectivity index is 1.69. The Morgan fingerprint density at radius 1 is 1.21 bits per heavy atom. The van der Waals surface area contributed by atoms with Gasteiger partial charge in [-0.2, -0.15) is 4.98 Å². The number of amides is 2. The minimum atomic E-state index is -0.133. The van der Waals surface area contributed by atoms with Crippen LogP contribution in [0, 0.1) is 5.92 Å². The van der Waals surface area contributed by atoms with Crippen molar-refractivity contribution < 1.29 is 14.1 Å². The molecule has 0 spiro atoms. The molecule has 0 fully saturated rings. The molecule has 2 N–H and O–H groups in total. The fraction of sp³-hybridized carbons (Fsp3) is 0.438. The highest BCUT2D eigenvalue weighted by Crippen LogP contribution is 2.12. The van der Waals surface area contributed by atoms with Gasteiger partial charge < -0.3 is 15.2 Å². The minimum Gasteiger partial charge on any atom is -0.354 e. The van der Waals surface area contributed by atoms with E-state index in [0.29, 0.717) is 36.9 Å². The van der Waals surface area contributed by atoms with E-state index in [1.165, 1.54) is 0 Å². The van der Waals surface area contributed by atoms with E-state index in [-0.39, 0.29) is 24.2 Å². The first-order chi connectivity index (χ1) is 11.6. The van der Waals surface area contributed by atoms with Gasteiger partial charge in [-0.15, -0.1) is 0 Å². The zero-order valence-electron chi connectivity index (χ0n) is 13.8. The molecule has 2 aromatic heterocycles. The Kier molecular flexibility index (Phi) is 6.41. The van der Waals surface area contributed by atoms with Gasteiger partial charge in [0.25, 0.3) is 0 Å². The lowest BCUT2D eigenvalue weighted by atomic mass is 10.2. The summed E-state index contributed by atoms with van der Waals surface area (Å²) in [6, 6.07) is 5.43. The Bertz CT molecular complexity index is 669. The van der Waals surface area contributed by atoms with Crippen LogP contribution in [0.25, 0.3) is 11.5 Å². The van der Waals surface area contributed by atoms with Crippen LogP contribution in [-0.4, -0.2) is 40.0 Å². The quantitative estimate of drug-likeness (QED) is 0.697. The maximum absolute atomic E-state index is 11.7. The molecule has 0 aromatic carbocycles. The summed E-state index contributed by atoms with van der Waals surface area (Å²) in [6.07, 6.45) is 2.24. The fourth-order valence-corrected chi connectivity index (χ4v) is 1.86. The van der Waals surface area contributed by atoms with E-state index in [2.05, 4.69) is 25.8 Å². The molecule has 128 valence electrons. The van der Waals surface area contributed by atoms with Gasteiger partial charge >= 0.3 is 0 Å². The van der Waals surface area contributed by atoms with Crippen molar-refractivity contribution in [2.75, 3.05) is 13.1 Å². The molecule has 2 heterocycles. The second-order valence-electron chi connectivity index (χ2n) is 5.52. The highest BCUT2D eigenvalue weighted by atomic mass is 16.5. The molecule has 0 aliphatic carbocycles. The molecule has 24 heavy (non-hydrogen) atoms. The summed E-state index contributed by atoms with van der Waals surface area (Å²) >= 11 is 0. The number of carbonyl (C=O) groups excluding carboxylic acids is 2. The number of aryl methyl sites for hydroxylation is 1. The number of nitrogens with zero attached hydrogens (tertiary/aromatic N) is 3. The van der Waals surface area contributed by atoms with E-state index in [0.717, 1.165) is 0 Å². The summed E-state index contributed by atoms with van der Waals surface area (Å²) in [6.45, 7) is 4.43. The van der Waals surface area contributed by atoms with Crippen molar-refractivity contribution in [2.24, 2.45) is 5.92 Å². The summed E-state index contributed by atoms with van der Waals surface area (Å²) in [5.41, 5.74) is 0.623. The van der Waals surface area contributed by atoms with Crippen LogP contribution in [0.2, 0.25) is 0 Å². The summed E-state index contributed by atoms with van der Waals surface area (Å²) in [5, 5.41) is 9.31. The zero-order valence-corrected chi connectivity index (χ0v) is 13.8. The minimum absolute atomic E-state index is 0.0304. The number of hydrogen-bond acceptors (Lipinski definition) is 6. The van der Waals surface area contributed by atoms with Crippen LogP contribution in [0.15, 0.2) is 28.9 Å². The van der Waals surface area contributed by atoms with Crippen LogP contribution in [-0.2, 0) is 16.0 Å². The maximum Gasteiger partial charge on any atom is 0.227 e. The van der Waals surface area contributed by atoms with Gasteiger partial charge in [-0.05, 0) is 12.1 Å². The molecule has 2 rings (SSSR count). The number of pyridine rings is 1. The van der Waals surface area contributed by atoms with Gasteiger partial charge in [0, 0.05) is 38.0 Å². The Morgan fingerprint density at radius 2 is 2.00 bits per heavy atom. The number of aromatic nitrogens is 3. The molecule has 0 aliphatic rings. The summed E-state index contributed by atoms with van der Waals surface area (Å²) in [5.74, 6) is 0.566. The number of hydrogen-bond donors (Lipinski definition) is 2. The summed E-state index contributed by atoms with van der Waals surface area (Å²) in [7, 11) is 0. The number of rotatable bonds is 8. The monoisotopic (exact) mass is 331 g/mol. The molecule has 0 saturated heterocycles. The maximum atomic E-state index is 11.7. The molecule has 0 radical (unpaired) electrons. The first kappa shape index (κ1) is 17.6. The lowest BCUT2D eigenvalue weighted by Gasteiger charge is -2.08. The highest BCUT2D eigenvalue weighted by Gasteiger charge is 2.11.